The molecule has 1 saturated carbocycles. The van der Waals surface area contributed by atoms with Gasteiger partial charge < -0.3 is 10.4 Å². The van der Waals surface area contributed by atoms with Crippen molar-refractivity contribution in [2.75, 3.05) is 5.32 Å². The first-order valence-corrected chi connectivity index (χ1v) is 11.0. The minimum atomic E-state index is -1.05. The van der Waals surface area contributed by atoms with Gasteiger partial charge in [-0.1, -0.05) is 49.6 Å². The Morgan fingerprint density at radius 1 is 1.04 bits per heavy atom. The number of carboxylic acids is 1. The molecule has 1 unspecified atom stereocenters. The van der Waals surface area contributed by atoms with Crippen LogP contribution in [0.3, 0.4) is 0 Å². The van der Waals surface area contributed by atoms with Gasteiger partial charge in [0.15, 0.2) is 0 Å². The quantitative estimate of drug-likeness (QED) is 0.733. The van der Waals surface area contributed by atoms with Crippen molar-refractivity contribution in [3.63, 3.8) is 0 Å². The summed E-state index contributed by atoms with van der Waals surface area (Å²) in [5, 5.41) is 12.3. The van der Waals surface area contributed by atoms with E-state index in [0.717, 1.165) is 31.2 Å². The average molecular weight is 400 g/mol. The summed E-state index contributed by atoms with van der Waals surface area (Å²) < 4.78 is 12.6. The number of carboxylic acid groups (broad SMARTS) is 1. The van der Waals surface area contributed by atoms with E-state index in [1.807, 2.05) is 18.2 Å². The molecule has 5 nitrogen and oxygen atoms in total. The molecular formula is C22H25NO4S. The van der Waals surface area contributed by atoms with Gasteiger partial charge in [-0.15, -0.1) is 0 Å². The summed E-state index contributed by atoms with van der Waals surface area (Å²) in [4.78, 5) is 23.7. The third-order valence-electron chi connectivity index (χ3n) is 5.04. The molecule has 2 aromatic carbocycles. The molecule has 0 bridgehead atoms. The number of amides is 1. The predicted octanol–water partition coefficient (Wildman–Crippen LogP) is 4.15. The van der Waals surface area contributed by atoms with Crippen LogP contribution in [0.15, 0.2) is 48.5 Å². The standard InChI is InChI=1S/C22H25NO4S/c24-21(14-17-8-4-5-12-20(17)22(25)26)23-18-9-6-7-16(13-18)15-28(27)19-10-2-1-3-11-19/h4-9,12-13,19H,1-3,10-11,14-15H2,(H,23,24)(H,25,26). The van der Waals surface area contributed by atoms with E-state index >= 15 is 0 Å². The zero-order chi connectivity index (χ0) is 19.9. The highest BCUT2D eigenvalue weighted by Gasteiger charge is 2.20. The van der Waals surface area contributed by atoms with E-state index < -0.39 is 16.8 Å². The van der Waals surface area contributed by atoms with Gasteiger partial charge in [0.2, 0.25) is 5.91 Å². The molecule has 1 amide bonds. The average Bonchev–Trinajstić information content (AvgIpc) is 2.69. The second-order valence-electron chi connectivity index (χ2n) is 7.17. The van der Waals surface area contributed by atoms with Crippen molar-refractivity contribution in [2.45, 2.75) is 49.5 Å². The summed E-state index contributed by atoms with van der Waals surface area (Å²) >= 11 is 0. The lowest BCUT2D eigenvalue weighted by Gasteiger charge is -2.21. The largest absolute Gasteiger partial charge is 0.478 e. The predicted molar refractivity (Wildman–Crippen MR) is 111 cm³/mol. The van der Waals surface area contributed by atoms with Crippen molar-refractivity contribution < 1.29 is 18.9 Å². The number of carbonyl (C=O) groups is 2. The van der Waals surface area contributed by atoms with Gasteiger partial charge in [0.25, 0.3) is 0 Å². The van der Waals surface area contributed by atoms with E-state index in [-0.39, 0.29) is 23.1 Å². The van der Waals surface area contributed by atoms with Crippen LogP contribution in [0.5, 0.6) is 0 Å². The summed E-state index contributed by atoms with van der Waals surface area (Å²) in [6.45, 7) is 0. The molecule has 0 aromatic heterocycles. The van der Waals surface area contributed by atoms with Gasteiger partial charge in [-0.05, 0) is 42.2 Å². The van der Waals surface area contributed by atoms with Gasteiger partial charge in [0.05, 0.1) is 12.0 Å². The maximum atomic E-state index is 12.6. The maximum absolute atomic E-state index is 12.6. The zero-order valence-corrected chi connectivity index (χ0v) is 16.5. The van der Waals surface area contributed by atoms with E-state index in [2.05, 4.69) is 5.32 Å². The minimum absolute atomic E-state index is 0.0132. The first-order chi connectivity index (χ1) is 13.5. The zero-order valence-electron chi connectivity index (χ0n) is 15.7. The number of carbonyl (C=O) groups excluding carboxylic acids is 1. The summed E-state index contributed by atoms with van der Waals surface area (Å²) in [5.41, 5.74) is 2.18. The molecule has 1 aliphatic carbocycles. The van der Waals surface area contributed by atoms with Crippen LogP contribution in [-0.4, -0.2) is 26.4 Å². The van der Waals surface area contributed by atoms with E-state index in [0.29, 0.717) is 17.0 Å². The molecular weight excluding hydrogens is 374 g/mol. The Balaban J connectivity index is 1.62. The first-order valence-electron chi connectivity index (χ1n) is 9.60. The minimum Gasteiger partial charge on any atom is -0.478 e. The van der Waals surface area contributed by atoms with Crippen molar-refractivity contribution in [1.82, 2.24) is 0 Å². The topological polar surface area (TPSA) is 83.5 Å². The molecule has 2 N–H and O–H groups in total. The fraction of sp³-hybridized carbons (Fsp3) is 0.364. The van der Waals surface area contributed by atoms with Crippen molar-refractivity contribution in [3.05, 3.63) is 65.2 Å². The Morgan fingerprint density at radius 3 is 2.54 bits per heavy atom. The second-order valence-corrected chi connectivity index (χ2v) is 8.89. The molecule has 1 fully saturated rings. The Kier molecular flexibility index (Phi) is 6.98. The van der Waals surface area contributed by atoms with E-state index in [1.54, 1.807) is 24.3 Å². The third-order valence-corrected chi connectivity index (χ3v) is 6.88. The number of hydrogen-bond donors (Lipinski definition) is 2. The van der Waals surface area contributed by atoms with Gasteiger partial charge in [-0.2, -0.15) is 0 Å². The van der Waals surface area contributed by atoms with Gasteiger partial charge in [-0.25, -0.2) is 4.79 Å². The van der Waals surface area contributed by atoms with Gasteiger partial charge >= 0.3 is 5.97 Å². The van der Waals surface area contributed by atoms with Crippen LogP contribution in [0, 0.1) is 0 Å². The van der Waals surface area contributed by atoms with E-state index in [1.165, 1.54) is 12.5 Å². The van der Waals surface area contributed by atoms with Crippen LogP contribution in [-0.2, 0) is 27.8 Å². The second kappa shape index (κ2) is 9.64. The molecule has 6 heteroatoms. The number of benzene rings is 2. The van der Waals surface area contributed by atoms with Crippen molar-refractivity contribution in [3.8, 4) is 0 Å². The SMILES string of the molecule is O=C(Cc1ccccc1C(=O)O)Nc1cccc(CS(=O)C2CCCCC2)c1. The Labute approximate surface area is 167 Å². The molecule has 0 heterocycles. The molecule has 0 saturated heterocycles. The lowest BCUT2D eigenvalue weighted by atomic mass is 10.0. The number of aromatic carboxylic acids is 1. The maximum Gasteiger partial charge on any atom is 0.335 e. The molecule has 148 valence electrons. The Bertz CT molecular complexity index is 874. The highest BCUT2D eigenvalue weighted by Crippen LogP contribution is 2.24. The molecule has 0 radical (unpaired) electrons. The summed E-state index contributed by atoms with van der Waals surface area (Å²) in [6, 6.07) is 13.9. The van der Waals surface area contributed by atoms with Crippen molar-refractivity contribution in [2.24, 2.45) is 0 Å². The number of nitrogens with one attached hydrogen (secondary N) is 1. The highest BCUT2D eigenvalue weighted by atomic mass is 32.2. The van der Waals surface area contributed by atoms with Gasteiger partial charge in [-0.3, -0.25) is 9.00 Å². The summed E-state index contributed by atoms with van der Waals surface area (Å²) in [5.74, 6) is -0.828. The normalized spacial score (nSPS) is 15.7. The molecule has 2 aromatic rings. The van der Waals surface area contributed by atoms with Crippen LogP contribution >= 0.6 is 0 Å². The monoisotopic (exact) mass is 399 g/mol. The van der Waals surface area contributed by atoms with E-state index in [9.17, 15) is 18.9 Å². The highest BCUT2D eigenvalue weighted by molar-refractivity contribution is 7.84. The van der Waals surface area contributed by atoms with Gasteiger partial charge in [0.1, 0.15) is 0 Å². The fourth-order valence-electron chi connectivity index (χ4n) is 3.61. The molecule has 1 aliphatic rings. The van der Waals surface area contributed by atoms with Crippen LogP contribution in [0.1, 0.15) is 53.6 Å². The molecule has 28 heavy (non-hydrogen) atoms. The van der Waals surface area contributed by atoms with Gasteiger partial charge in [0, 0.05) is 27.5 Å². The summed E-state index contributed by atoms with van der Waals surface area (Å²) in [7, 11) is -0.896. The number of rotatable bonds is 7. The smallest absolute Gasteiger partial charge is 0.335 e. The van der Waals surface area contributed by atoms with Crippen LogP contribution in [0.25, 0.3) is 0 Å². The molecule has 1 atom stereocenters. The first kappa shape index (κ1) is 20.3. The van der Waals surface area contributed by atoms with Crippen LogP contribution in [0.2, 0.25) is 0 Å². The van der Waals surface area contributed by atoms with Crippen LogP contribution < -0.4 is 5.32 Å². The number of anilines is 1. The Morgan fingerprint density at radius 2 is 1.79 bits per heavy atom. The summed E-state index contributed by atoms with van der Waals surface area (Å²) in [6.07, 6.45) is 5.60. The van der Waals surface area contributed by atoms with Crippen molar-refractivity contribution >= 4 is 28.4 Å². The van der Waals surface area contributed by atoms with Crippen LogP contribution in [0.4, 0.5) is 5.69 Å². The number of hydrogen-bond acceptors (Lipinski definition) is 3. The third kappa shape index (κ3) is 5.52. The molecule has 0 spiro atoms. The molecule has 3 rings (SSSR count). The lowest BCUT2D eigenvalue weighted by molar-refractivity contribution is -0.115. The Hall–Kier alpha value is -2.47. The van der Waals surface area contributed by atoms with Crippen molar-refractivity contribution in [1.29, 1.82) is 0 Å². The van der Waals surface area contributed by atoms with E-state index in [4.69, 9.17) is 0 Å². The fourth-order valence-corrected chi connectivity index (χ4v) is 5.21. The lowest BCUT2D eigenvalue weighted by Crippen LogP contribution is -2.20. The molecule has 0 aliphatic heterocycles.